The lowest BCUT2D eigenvalue weighted by molar-refractivity contribution is 0.0697. The van der Waals surface area contributed by atoms with Gasteiger partial charge in [-0.3, -0.25) is 0 Å². The Balaban J connectivity index is 2.46. The maximum atomic E-state index is 12.1. The number of nitrogens with zero attached hydrogens (tertiary/aromatic N) is 2. The molecule has 2 rings (SSSR count). The lowest BCUT2D eigenvalue weighted by atomic mass is 10.2. The summed E-state index contributed by atoms with van der Waals surface area (Å²) in [7, 11) is -3.70. The molecule has 0 bridgehead atoms. The Morgan fingerprint density at radius 2 is 1.56 bits per heavy atom. The zero-order chi connectivity index (χ0) is 13.2. The van der Waals surface area contributed by atoms with Crippen molar-refractivity contribution < 1.29 is 18.3 Å². The highest BCUT2D eigenvalue weighted by atomic mass is 32.2. The van der Waals surface area contributed by atoms with E-state index in [1.54, 1.807) is 0 Å². The summed E-state index contributed by atoms with van der Waals surface area (Å²) in [6.07, 6.45) is 3.60. The van der Waals surface area contributed by atoms with Gasteiger partial charge in [-0.2, -0.15) is 0 Å². The number of aromatic nitrogens is 2. The van der Waals surface area contributed by atoms with E-state index < -0.39 is 15.8 Å². The first-order valence-electron chi connectivity index (χ1n) is 4.85. The quantitative estimate of drug-likeness (QED) is 0.888. The summed E-state index contributed by atoms with van der Waals surface area (Å²) in [6.45, 7) is 0. The van der Waals surface area contributed by atoms with Crippen molar-refractivity contribution in [3.05, 3.63) is 48.5 Å². The zero-order valence-electron chi connectivity index (χ0n) is 9.02. The van der Waals surface area contributed by atoms with Gasteiger partial charge < -0.3 is 5.11 Å². The van der Waals surface area contributed by atoms with Gasteiger partial charge in [0.2, 0.25) is 9.84 Å². The average molecular weight is 264 g/mol. The molecule has 0 spiro atoms. The number of carboxylic acids is 1. The van der Waals surface area contributed by atoms with Gasteiger partial charge in [0.05, 0.1) is 10.5 Å². The zero-order valence-corrected chi connectivity index (χ0v) is 9.83. The highest BCUT2D eigenvalue weighted by Gasteiger charge is 2.18. The van der Waals surface area contributed by atoms with Crippen LogP contribution in [0.5, 0.6) is 0 Å². The molecule has 0 atom stereocenters. The van der Waals surface area contributed by atoms with Crippen molar-refractivity contribution >= 4 is 15.8 Å². The number of benzene rings is 1. The predicted molar refractivity (Wildman–Crippen MR) is 60.9 cm³/mol. The van der Waals surface area contributed by atoms with Crippen LogP contribution in [0.4, 0.5) is 0 Å². The summed E-state index contributed by atoms with van der Waals surface area (Å²) < 4.78 is 24.2. The van der Waals surface area contributed by atoms with E-state index >= 15 is 0 Å². The number of hydrogen-bond acceptors (Lipinski definition) is 5. The molecule has 2 aromatic rings. The van der Waals surface area contributed by atoms with E-state index in [1.807, 2.05) is 0 Å². The molecule has 7 heteroatoms. The molecule has 6 nitrogen and oxygen atoms in total. The first-order valence-corrected chi connectivity index (χ1v) is 6.33. The van der Waals surface area contributed by atoms with Crippen LogP contribution in [0.1, 0.15) is 10.4 Å². The monoisotopic (exact) mass is 264 g/mol. The molecule has 1 aromatic heterocycles. The lowest BCUT2D eigenvalue weighted by Gasteiger charge is -2.03. The minimum Gasteiger partial charge on any atom is -0.478 e. The van der Waals surface area contributed by atoms with Crippen molar-refractivity contribution in [2.75, 3.05) is 0 Å². The van der Waals surface area contributed by atoms with Crippen molar-refractivity contribution in [2.45, 2.75) is 9.79 Å². The minimum atomic E-state index is -3.70. The number of hydrogen-bond donors (Lipinski definition) is 1. The maximum Gasteiger partial charge on any atom is 0.335 e. The van der Waals surface area contributed by atoms with E-state index in [2.05, 4.69) is 9.97 Å². The fraction of sp³-hybridized carbons (Fsp3) is 0. The van der Waals surface area contributed by atoms with Crippen molar-refractivity contribution in [3.63, 3.8) is 0 Å². The Kier molecular flexibility index (Phi) is 3.07. The molecule has 0 saturated heterocycles. The van der Waals surface area contributed by atoms with Gasteiger partial charge in [0, 0.05) is 12.4 Å². The van der Waals surface area contributed by atoms with Gasteiger partial charge in [-0.1, -0.05) is 0 Å². The molecule has 0 fully saturated rings. The van der Waals surface area contributed by atoms with E-state index in [0.717, 1.165) is 0 Å². The van der Waals surface area contributed by atoms with Crippen molar-refractivity contribution in [2.24, 2.45) is 0 Å². The molecule has 0 unspecified atom stereocenters. The van der Waals surface area contributed by atoms with Crippen LogP contribution in [0, 0.1) is 0 Å². The van der Waals surface area contributed by atoms with Crippen molar-refractivity contribution in [1.29, 1.82) is 0 Å². The van der Waals surface area contributed by atoms with E-state index in [0.29, 0.717) is 0 Å². The van der Waals surface area contributed by atoms with Crippen LogP contribution in [-0.2, 0) is 9.84 Å². The normalized spacial score (nSPS) is 11.1. The molecule has 0 aliphatic heterocycles. The topological polar surface area (TPSA) is 97.2 Å². The summed E-state index contributed by atoms with van der Waals surface area (Å²) in [5.74, 6) is -1.11. The average Bonchev–Trinajstić information content (AvgIpc) is 2.40. The van der Waals surface area contributed by atoms with Crippen LogP contribution in [0.25, 0.3) is 0 Å². The second-order valence-corrected chi connectivity index (χ2v) is 5.36. The standard InChI is InChI=1S/C11H8N2O4S/c14-11(15)8-1-3-9(4-2-8)18(16,17)10-5-12-7-13-6-10/h1-7H,(H,14,15). The minimum absolute atomic E-state index is 0.00213. The molecule has 1 heterocycles. The Morgan fingerprint density at radius 3 is 2.06 bits per heavy atom. The number of rotatable bonds is 3. The first kappa shape index (κ1) is 12.2. The van der Waals surface area contributed by atoms with Crippen molar-refractivity contribution in [3.8, 4) is 0 Å². The molecule has 1 N–H and O–H groups in total. The molecule has 0 amide bonds. The van der Waals surface area contributed by atoms with E-state index in [-0.39, 0.29) is 15.4 Å². The lowest BCUT2D eigenvalue weighted by Crippen LogP contribution is -2.04. The van der Waals surface area contributed by atoms with E-state index in [4.69, 9.17) is 5.11 Å². The van der Waals surface area contributed by atoms with Gasteiger partial charge in [0.25, 0.3) is 0 Å². The SMILES string of the molecule is O=C(O)c1ccc(S(=O)(=O)c2cncnc2)cc1. The molecular weight excluding hydrogens is 256 g/mol. The van der Waals surface area contributed by atoms with Crippen LogP contribution < -0.4 is 0 Å². The molecule has 1 aromatic carbocycles. The van der Waals surface area contributed by atoms with Gasteiger partial charge in [0.15, 0.2) is 0 Å². The van der Waals surface area contributed by atoms with Gasteiger partial charge in [-0.05, 0) is 24.3 Å². The Bertz CT molecular complexity index is 666. The van der Waals surface area contributed by atoms with Crippen LogP contribution in [0.15, 0.2) is 52.8 Å². The molecule has 0 saturated carbocycles. The number of carbonyl (C=O) groups is 1. The van der Waals surface area contributed by atoms with Gasteiger partial charge in [0.1, 0.15) is 11.2 Å². The van der Waals surface area contributed by atoms with Crippen LogP contribution in [-0.4, -0.2) is 29.5 Å². The Hall–Kier alpha value is -2.28. The summed E-state index contributed by atoms with van der Waals surface area (Å²) in [5, 5.41) is 8.73. The molecule has 18 heavy (non-hydrogen) atoms. The third kappa shape index (κ3) is 2.21. The third-order valence-electron chi connectivity index (χ3n) is 2.26. The summed E-state index contributed by atoms with van der Waals surface area (Å²) in [6, 6.07) is 4.95. The van der Waals surface area contributed by atoms with Gasteiger partial charge in [-0.15, -0.1) is 0 Å². The van der Waals surface area contributed by atoms with E-state index in [9.17, 15) is 13.2 Å². The molecule has 92 valence electrons. The molecule has 0 aliphatic carbocycles. The van der Waals surface area contributed by atoms with Crippen molar-refractivity contribution in [1.82, 2.24) is 9.97 Å². The fourth-order valence-electron chi connectivity index (χ4n) is 1.34. The smallest absolute Gasteiger partial charge is 0.335 e. The molecule has 0 radical (unpaired) electrons. The third-order valence-corrected chi connectivity index (χ3v) is 3.98. The predicted octanol–water partition coefficient (Wildman–Crippen LogP) is 1.01. The number of carboxylic acid groups (broad SMARTS) is 1. The highest BCUT2D eigenvalue weighted by molar-refractivity contribution is 7.91. The largest absolute Gasteiger partial charge is 0.478 e. The number of sulfone groups is 1. The highest BCUT2D eigenvalue weighted by Crippen LogP contribution is 2.19. The Labute approximate surface area is 103 Å². The second-order valence-electron chi connectivity index (χ2n) is 3.41. The van der Waals surface area contributed by atoms with Crippen LogP contribution in [0.3, 0.4) is 0 Å². The number of aromatic carboxylic acids is 1. The maximum absolute atomic E-state index is 12.1. The van der Waals surface area contributed by atoms with Gasteiger partial charge in [-0.25, -0.2) is 23.2 Å². The van der Waals surface area contributed by atoms with Crippen LogP contribution >= 0.6 is 0 Å². The van der Waals surface area contributed by atoms with E-state index in [1.165, 1.54) is 43.0 Å². The fourth-order valence-corrected chi connectivity index (χ4v) is 2.50. The summed E-state index contributed by atoms with van der Waals surface area (Å²) in [5.41, 5.74) is 0.0262. The van der Waals surface area contributed by atoms with Gasteiger partial charge >= 0.3 is 5.97 Å². The summed E-state index contributed by atoms with van der Waals surface area (Å²) in [4.78, 5) is 17.9. The second kappa shape index (κ2) is 4.53. The molecule has 0 aliphatic rings. The Morgan fingerprint density at radius 1 is 1.00 bits per heavy atom. The first-order chi connectivity index (χ1) is 8.51. The van der Waals surface area contributed by atoms with Crippen LogP contribution in [0.2, 0.25) is 0 Å². The summed E-state index contributed by atoms with van der Waals surface area (Å²) >= 11 is 0. The molecular formula is C11H8N2O4S.